The van der Waals surface area contributed by atoms with Crippen molar-refractivity contribution in [1.29, 1.82) is 0 Å². The molecule has 2 atom stereocenters. The Kier molecular flexibility index (Phi) is 5.60. The van der Waals surface area contributed by atoms with Gasteiger partial charge in [0, 0.05) is 39.3 Å². The van der Waals surface area contributed by atoms with Crippen molar-refractivity contribution in [1.82, 2.24) is 15.1 Å². The highest BCUT2D eigenvalue weighted by molar-refractivity contribution is 5.73. The van der Waals surface area contributed by atoms with Gasteiger partial charge in [0.25, 0.3) is 0 Å². The van der Waals surface area contributed by atoms with Crippen LogP contribution in [0, 0.1) is 11.8 Å². The molecule has 0 aromatic carbocycles. The minimum atomic E-state index is -0.0264. The summed E-state index contributed by atoms with van der Waals surface area (Å²) >= 11 is 0. The van der Waals surface area contributed by atoms with Gasteiger partial charge >= 0.3 is 5.97 Å². The maximum atomic E-state index is 12.1. The molecule has 2 aliphatic rings. The minimum Gasteiger partial charge on any atom is -0.469 e. The van der Waals surface area contributed by atoms with E-state index < -0.39 is 0 Å². The fourth-order valence-electron chi connectivity index (χ4n) is 3.22. The van der Waals surface area contributed by atoms with Crippen LogP contribution < -0.4 is 5.32 Å². The molecule has 0 aromatic rings. The Balaban J connectivity index is 1.93. The molecule has 1 N–H and O–H groups in total. The number of piperazine rings is 1. The lowest BCUT2D eigenvalue weighted by atomic mass is 9.90. The molecule has 2 heterocycles. The molecule has 0 aromatic heterocycles. The molecule has 0 amide bonds. The highest BCUT2D eigenvalue weighted by Gasteiger charge is 2.35. The molecular weight excluding hydrogens is 242 g/mol. The van der Waals surface area contributed by atoms with E-state index in [-0.39, 0.29) is 11.9 Å². The lowest BCUT2D eigenvalue weighted by Crippen LogP contribution is -2.47. The Bertz CT molecular complexity index is 292. The molecule has 5 heteroatoms. The molecule has 0 saturated carbocycles. The van der Waals surface area contributed by atoms with E-state index in [1.165, 1.54) is 7.11 Å². The van der Waals surface area contributed by atoms with Gasteiger partial charge in [0.1, 0.15) is 0 Å². The van der Waals surface area contributed by atoms with Gasteiger partial charge in [0.15, 0.2) is 0 Å². The zero-order valence-electron chi connectivity index (χ0n) is 12.2. The highest BCUT2D eigenvalue weighted by Crippen LogP contribution is 2.26. The first-order valence-electron chi connectivity index (χ1n) is 7.47. The molecule has 0 radical (unpaired) electrons. The van der Waals surface area contributed by atoms with Crippen molar-refractivity contribution in [2.45, 2.75) is 13.3 Å². The van der Waals surface area contributed by atoms with Crippen LogP contribution in [0.25, 0.3) is 0 Å². The third-order valence-electron chi connectivity index (χ3n) is 4.49. The Hall–Kier alpha value is -0.650. The molecule has 0 bridgehead atoms. The topological polar surface area (TPSA) is 44.8 Å². The van der Waals surface area contributed by atoms with E-state index in [4.69, 9.17) is 4.74 Å². The zero-order valence-corrected chi connectivity index (χ0v) is 12.2. The molecule has 5 nitrogen and oxygen atoms in total. The summed E-state index contributed by atoms with van der Waals surface area (Å²) in [5, 5.41) is 3.35. The SMILES string of the molecule is CCN1CCC(C(CN2CCNCC2)C(=O)OC)C1. The molecule has 2 aliphatic heterocycles. The van der Waals surface area contributed by atoms with Crippen molar-refractivity contribution in [3.63, 3.8) is 0 Å². The fourth-order valence-corrected chi connectivity index (χ4v) is 3.22. The molecule has 2 rings (SSSR count). The van der Waals surface area contributed by atoms with Gasteiger partial charge in [0.05, 0.1) is 13.0 Å². The fraction of sp³-hybridized carbons (Fsp3) is 0.929. The van der Waals surface area contributed by atoms with Gasteiger partial charge in [-0.15, -0.1) is 0 Å². The van der Waals surface area contributed by atoms with Gasteiger partial charge in [-0.1, -0.05) is 6.92 Å². The first-order valence-corrected chi connectivity index (χ1v) is 7.47. The number of ether oxygens (including phenoxy) is 1. The Morgan fingerprint density at radius 2 is 2.05 bits per heavy atom. The monoisotopic (exact) mass is 269 g/mol. The van der Waals surface area contributed by atoms with Gasteiger partial charge in [-0.25, -0.2) is 0 Å². The molecule has 2 saturated heterocycles. The molecule has 19 heavy (non-hydrogen) atoms. The first kappa shape index (κ1) is 14.8. The Labute approximate surface area is 116 Å². The summed E-state index contributed by atoms with van der Waals surface area (Å²) in [4.78, 5) is 16.9. The Morgan fingerprint density at radius 1 is 1.32 bits per heavy atom. The van der Waals surface area contributed by atoms with Crippen molar-refractivity contribution in [3.05, 3.63) is 0 Å². The van der Waals surface area contributed by atoms with E-state index in [0.29, 0.717) is 5.92 Å². The predicted molar refractivity (Wildman–Crippen MR) is 75.0 cm³/mol. The summed E-state index contributed by atoms with van der Waals surface area (Å²) in [5.41, 5.74) is 0. The summed E-state index contributed by atoms with van der Waals surface area (Å²) in [7, 11) is 1.51. The van der Waals surface area contributed by atoms with E-state index in [1.54, 1.807) is 0 Å². The smallest absolute Gasteiger partial charge is 0.310 e. The summed E-state index contributed by atoms with van der Waals surface area (Å²) < 4.78 is 5.04. The summed E-state index contributed by atoms with van der Waals surface area (Å²) in [5.74, 6) is 0.475. The second kappa shape index (κ2) is 7.22. The number of methoxy groups -OCH3 is 1. The Morgan fingerprint density at radius 3 is 2.63 bits per heavy atom. The molecule has 2 unspecified atom stereocenters. The quantitative estimate of drug-likeness (QED) is 0.713. The van der Waals surface area contributed by atoms with Crippen LogP contribution >= 0.6 is 0 Å². The van der Waals surface area contributed by atoms with Crippen LogP contribution in [0.1, 0.15) is 13.3 Å². The molecular formula is C14H27N3O2. The van der Waals surface area contributed by atoms with E-state index in [1.807, 2.05) is 0 Å². The first-order chi connectivity index (χ1) is 9.24. The van der Waals surface area contributed by atoms with E-state index in [0.717, 1.165) is 58.8 Å². The van der Waals surface area contributed by atoms with Crippen LogP contribution in [-0.4, -0.2) is 75.2 Å². The van der Waals surface area contributed by atoms with E-state index in [9.17, 15) is 4.79 Å². The summed E-state index contributed by atoms with van der Waals surface area (Å²) in [6.07, 6.45) is 1.12. The number of nitrogens with one attached hydrogen (secondary N) is 1. The zero-order chi connectivity index (χ0) is 13.7. The largest absolute Gasteiger partial charge is 0.469 e. The second-order valence-electron chi connectivity index (χ2n) is 5.62. The number of likely N-dealkylation sites (tertiary alicyclic amines) is 1. The van der Waals surface area contributed by atoms with Crippen LogP contribution in [0.15, 0.2) is 0 Å². The second-order valence-corrected chi connectivity index (χ2v) is 5.62. The summed E-state index contributed by atoms with van der Waals surface area (Å²) in [6.45, 7) is 10.4. The van der Waals surface area contributed by atoms with Crippen molar-refractivity contribution >= 4 is 5.97 Å². The average molecular weight is 269 g/mol. The predicted octanol–water partition coefficient (Wildman–Crippen LogP) is 0.0226. The maximum absolute atomic E-state index is 12.1. The molecule has 110 valence electrons. The number of rotatable bonds is 5. The van der Waals surface area contributed by atoms with Crippen molar-refractivity contribution in [2.24, 2.45) is 11.8 Å². The van der Waals surface area contributed by atoms with Crippen LogP contribution in [0.4, 0.5) is 0 Å². The number of nitrogens with zero attached hydrogens (tertiary/aromatic N) is 2. The molecule has 0 aliphatic carbocycles. The van der Waals surface area contributed by atoms with Crippen molar-refractivity contribution in [2.75, 3.05) is 59.5 Å². The number of carbonyl (C=O) groups excluding carboxylic acids is 1. The van der Waals surface area contributed by atoms with Crippen LogP contribution in [0.5, 0.6) is 0 Å². The van der Waals surface area contributed by atoms with Crippen LogP contribution in [0.3, 0.4) is 0 Å². The molecule has 0 spiro atoms. The standard InChI is InChI=1S/C14H27N3O2/c1-3-16-7-4-12(10-16)13(14(18)19-2)11-17-8-5-15-6-9-17/h12-13,15H,3-11H2,1-2H3. The third-order valence-corrected chi connectivity index (χ3v) is 4.49. The van der Waals surface area contributed by atoms with E-state index >= 15 is 0 Å². The minimum absolute atomic E-state index is 0.0264. The molecule has 2 fully saturated rings. The normalized spacial score (nSPS) is 27.4. The van der Waals surface area contributed by atoms with Gasteiger partial charge < -0.3 is 15.0 Å². The lowest BCUT2D eigenvalue weighted by molar-refractivity contribution is -0.148. The number of hydrogen-bond donors (Lipinski definition) is 1. The number of carbonyl (C=O) groups is 1. The number of esters is 1. The van der Waals surface area contributed by atoms with Gasteiger partial charge in [-0.05, 0) is 25.4 Å². The third kappa shape index (κ3) is 3.91. The van der Waals surface area contributed by atoms with Crippen LogP contribution in [-0.2, 0) is 9.53 Å². The van der Waals surface area contributed by atoms with E-state index in [2.05, 4.69) is 22.0 Å². The van der Waals surface area contributed by atoms with Crippen molar-refractivity contribution < 1.29 is 9.53 Å². The van der Waals surface area contributed by atoms with Gasteiger partial charge in [0.2, 0.25) is 0 Å². The van der Waals surface area contributed by atoms with Gasteiger partial charge in [-0.2, -0.15) is 0 Å². The van der Waals surface area contributed by atoms with Crippen LogP contribution in [0.2, 0.25) is 0 Å². The van der Waals surface area contributed by atoms with Gasteiger partial charge in [-0.3, -0.25) is 9.69 Å². The summed E-state index contributed by atoms with van der Waals surface area (Å²) in [6, 6.07) is 0. The number of hydrogen-bond acceptors (Lipinski definition) is 5. The van der Waals surface area contributed by atoms with Crippen molar-refractivity contribution in [3.8, 4) is 0 Å². The highest BCUT2D eigenvalue weighted by atomic mass is 16.5. The average Bonchev–Trinajstić information content (AvgIpc) is 2.93. The maximum Gasteiger partial charge on any atom is 0.310 e. The lowest BCUT2D eigenvalue weighted by Gasteiger charge is -2.32.